The van der Waals surface area contributed by atoms with Crippen LogP contribution in [0.2, 0.25) is 0 Å². The molecule has 1 aromatic heterocycles. The maximum atomic E-state index is 11.1. The summed E-state index contributed by atoms with van der Waals surface area (Å²) in [6.45, 7) is 1.56. The van der Waals surface area contributed by atoms with Gasteiger partial charge in [-0.05, 0) is 12.8 Å². The standard InChI is InChI=1S/C11H18N6O2/c12-15-11-13-8-9(17(18)19)10(14-11)16-6-4-2-1-3-5-7-16/h8H,1-7,12H2,(H,13,14,15). The van der Waals surface area contributed by atoms with E-state index < -0.39 is 4.92 Å². The smallest absolute Gasteiger partial charge is 0.329 e. The molecule has 1 aliphatic heterocycles. The predicted octanol–water partition coefficient (Wildman–Crippen LogP) is 1.44. The minimum absolute atomic E-state index is 0.0698. The molecule has 104 valence electrons. The van der Waals surface area contributed by atoms with E-state index in [4.69, 9.17) is 5.84 Å². The Morgan fingerprint density at radius 3 is 2.47 bits per heavy atom. The van der Waals surface area contributed by atoms with Crippen LogP contribution in [0.3, 0.4) is 0 Å². The second kappa shape index (κ2) is 6.28. The highest BCUT2D eigenvalue weighted by molar-refractivity contribution is 5.58. The number of aromatic nitrogens is 2. The Bertz CT molecular complexity index is 445. The number of nitrogen functional groups attached to an aromatic ring is 1. The quantitative estimate of drug-likeness (QED) is 0.483. The molecule has 19 heavy (non-hydrogen) atoms. The van der Waals surface area contributed by atoms with Gasteiger partial charge in [0.25, 0.3) is 0 Å². The van der Waals surface area contributed by atoms with Crippen LogP contribution in [-0.2, 0) is 0 Å². The first kappa shape index (κ1) is 13.5. The SMILES string of the molecule is NNc1ncc([N+](=O)[O-])c(N2CCCCCCC2)n1. The molecule has 0 radical (unpaired) electrons. The van der Waals surface area contributed by atoms with Gasteiger partial charge < -0.3 is 4.90 Å². The average molecular weight is 266 g/mol. The lowest BCUT2D eigenvalue weighted by molar-refractivity contribution is -0.384. The molecule has 0 aliphatic carbocycles. The fraction of sp³-hybridized carbons (Fsp3) is 0.636. The predicted molar refractivity (Wildman–Crippen MR) is 71.8 cm³/mol. The van der Waals surface area contributed by atoms with Gasteiger partial charge in [-0.3, -0.25) is 15.5 Å². The van der Waals surface area contributed by atoms with Gasteiger partial charge in [0.15, 0.2) is 0 Å². The molecule has 0 atom stereocenters. The summed E-state index contributed by atoms with van der Waals surface area (Å²) in [7, 11) is 0. The second-order valence-corrected chi connectivity index (χ2v) is 4.56. The monoisotopic (exact) mass is 266 g/mol. The number of nitrogens with zero attached hydrogens (tertiary/aromatic N) is 4. The fourth-order valence-electron chi connectivity index (χ4n) is 2.26. The number of rotatable bonds is 3. The largest absolute Gasteiger partial charge is 0.351 e. The van der Waals surface area contributed by atoms with Gasteiger partial charge in [0.1, 0.15) is 6.20 Å². The maximum absolute atomic E-state index is 11.1. The number of nitrogens with two attached hydrogens (primary N) is 1. The Morgan fingerprint density at radius 1 is 1.26 bits per heavy atom. The van der Waals surface area contributed by atoms with Gasteiger partial charge in [0.05, 0.1) is 4.92 Å². The van der Waals surface area contributed by atoms with Crippen molar-refractivity contribution < 1.29 is 4.92 Å². The molecule has 2 rings (SSSR count). The molecule has 0 spiro atoms. The molecule has 2 heterocycles. The third-order valence-electron chi connectivity index (χ3n) is 3.23. The van der Waals surface area contributed by atoms with Crippen molar-refractivity contribution in [2.75, 3.05) is 23.4 Å². The lowest BCUT2D eigenvalue weighted by Crippen LogP contribution is -2.29. The number of nitrogens with one attached hydrogen (secondary N) is 1. The molecule has 3 N–H and O–H groups in total. The van der Waals surface area contributed by atoms with E-state index in [9.17, 15) is 10.1 Å². The first-order chi connectivity index (χ1) is 9.22. The number of anilines is 2. The molecule has 0 aromatic carbocycles. The van der Waals surface area contributed by atoms with E-state index in [1.807, 2.05) is 4.90 Å². The van der Waals surface area contributed by atoms with Crippen molar-refractivity contribution in [2.24, 2.45) is 5.84 Å². The minimum atomic E-state index is -0.450. The van der Waals surface area contributed by atoms with Gasteiger partial charge in [-0.25, -0.2) is 10.8 Å². The highest BCUT2D eigenvalue weighted by Crippen LogP contribution is 2.27. The molecule has 8 nitrogen and oxygen atoms in total. The summed E-state index contributed by atoms with van der Waals surface area (Å²) in [6, 6.07) is 0. The van der Waals surface area contributed by atoms with Crippen LogP contribution in [0.1, 0.15) is 32.1 Å². The highest BCUT2D eigenvalue weighted by Gasteiger charge is 2.23. The first-order valence-electron chi connectivity index (χ1n) is 6.45. The molecular formula is C11H18N6O2. The van der Waals surface area contributed by atoms with Crippen LogP contribution in [0.25, 0.3) is 0 Å². The Balaban J connectivity index is 2.30. The Hall–Kier alpha value is -1.96. The molecule has 0 saturated carbocycles. The van der Waals surface area contributed by atoms with Crippen molar-refractivity contribution >= 4 is 17.5 Å². The van der Waals surface area contributed by atoms with Gasteiger partial charge in [-0.1, -0.05) is 19.3 Å². The van der Waals surface area contributed by atoms with Gasteiger partial charge in [-0.2, -0.15) is 4.98 Å². The number of hydrogen-bond donors (Lipinski definition) is 2. The first-order valence-corrected chi connectivity index (χ1v) is 6.45. The second-order valence-electron chi connectivity index (χ2n) is 4.56. The zero-order chi connectivity index (χ0) is 13.7. The summed E-state index contributed by atoms with van der Waals surface area (Å²) >= 11 is 0. The van der Waals surface area contributed by atoms with Gasteiger partial charge >= 0.3 is 5.69 Å². The van der Waals surface area contributed by atoms with E-state index in [2.05, 4.69) is 15.4 Å². The Labute approximate surface area is 111 Å². The van der Waals surface area contributed by atoms with E-state index in [1.165, 1.54) is 12.6 Å². The average Bonchev–Trinajstić information content (AvgIpc) is 2.37. The summed E-state index contributed by atoms with van der Waals surface area (Å²) in [5.74, 6) is 5.82. The third kappa shape index (κ3) is 3.28. The normalized spacial score (nSPS) is 16.6. The zero-order valence-corrected chi connectivity index (χ0v) is 10.7. The van der Waals surface area contributed by atoms with Crippen molar-refractivity contribution in [3.05, 3.63) is 16.3 Å². The van der Waals surface area contributed by atoms with Crippen molar-refractivity contribution in [3.63, 3.8) is 0 Å². The van der Waals surface area contributed by atoms with Crippen LogP contribution in [0.5, 0.6) is 0 Å². The van der Waals surface area contributed by atoms with Crippen molar-refractivity contribution in [3.8, 4) is 0 Å². The van der Waals surface area contributed by atoms with Crippen LogP contribution in [-0.4, -0.2) is 28.0 Å². The van der Waals surface area contributed by atoms with Crippen molar-refractivity contribution in [1.29, 1.82) is 0 Å². The highest BCUT2D eigenvalue weighted by atomic mass is 16.6. The molecule has 0 unspecified atom stereocenters. The van der Waals surface area contributed by atoms with Crippen LogP contribution in [0.15, 0.2) is 6.20 Å². The van der Waals surface area contributed by atoms with E-state index >= 15 is 0 Å². The minimum Gasteiger partial charge on any atom is -0.351 e. The van der Waals surface area contributed by atoms with E-state index in [1.54, 1.807) is 0 Å². The van der Waals surface area contributed by atoms with Crippen LogP contribution in [0.4, 0.5) is 17.5 Å². The van der Waals surface area contributed by atoms with E-state index in [-0.39, 0.29) is 11.6 Å². The Morgan fingerprint density at radius 2 is 1.89 bits per heavy atom. The molecular weight excluding hydrogens is 248 g/mol. The topological polar surface area (TPSA) is 110 Å². The van der Waals surface area contributed by atoms with Crippen LogP contribution in [0, 0.1) is 10.1 Å². The molecule has 8 heteroatoms. The summed E-state index contributed by atoms with van der Waals surface area (Å²) in [6.07, 6.45) is 6.78. The molecule has 0 amide bonds. The van der Waals surface area contributed by atoms with Crippen LogP contribution < -0.4 is 16.2 Å². The lowest BCUT2D eigenvalue weighted by atomic mass is 10.1. The van der Waals surface area contributed by atoms with Gasteiger partial charge in [0.2, 0.25) is 11.8 Å². The Kier molecular flexibility index (Phi) is 4.45. The van der Waals surface area contributed by atoms with Crippen molar-refractivity contribution in [2.45, 2.75) is 32.1 Å². The molecule has 1 aromatic rings. The van der Waals surface area contributed by atoms with E-state index in [0.717, 1.165) is 38.8 Å². The summed E-state index contributed by atoms with van der Waals surface area (Å²) in [4.78, 5) is 20.5. The third-order valence-corrected chi connectivity index (χ3v) is 3.23. The summed E-state index contributed by atoms with van der Waals surface area (Å²) in [5, 5.41) is 11.1. The van der Waals surface area contributed by atoms with E-state index in [0.29, 0.717) is 5.82 Å². The maximum Gasteiger partial charge on any atom is 0.329 e. The fourth-order valence-corrected chi connectivity index (χ4v) is 2.26. The van der Waals surface area contributed by atoms with Crippen molar-refractivity contribution in [1.82, 2.24) is 9.97 Å². The lowest BCUT2D eigenvalue weighted by Gasteiger charge is -2.25. The number of nitro groups is 1. The molecule has 0 bridgehead atoms. The molecule has 1 aliphatic rings. The molecule has 1 fully saturated rings. The number of hydrogen-bond acceptors (Lipinski definition) is 7. The van der Waals surface area contributed by atoms with Crippen LogP contribution >= 0.6 is 0 Å². The zero-order valence-electron chi connectivity index (χ0n) is 10.7. The summed E-state index contributed by atoms with van der Waals surface area (Å²) < 4.78 is 0. The van der Waals surface area contributed by atoms with Gasteiger partial charge in [-0.15, -0.1) is 0 Å². The number of hydrazine groups is 1. The van der Waals surface area contributed by atoms with Gasteiger partial charge in [0, 0.05) is 13.1 Å². The summed E-state index contributed by atoms with van der Waals surface area (Å²) in [5.41, 5.74) is 2.26. The molecule has 1 saturated heterocycles.